The van der Waals surface area contributed by atoms with E-state index in [1.54, 1.807) is 4.90 Å². The Bertz CT molecular complexity index is 504. The summed E-state index contributed by atoms with van der Waals surface area (Å²) in [7, 11) is 0. The molecule has 2 unspecified atom stereocenters. The molecule has 4 aliphatic rings. The lowest BCUT2D eigenvalue weighted by Crippen LogP contribution is -2.66. The number of fused-ring (bicyclic) bond motifs is 2. The number of aliphatic carboxylic acids is 1. The van der Waals surface area contributed by atoms with E-state index in [2.05, 4.69) is 0 Å². The molecule has 1 amide bonds. The fourth-order valence-electron chi connectivity index (χ4n) is 4.36. The quantitative estimate of drug-likeness (QED) is 0.736. The summed E-state index contributed by atoms with van der Waals surface area (Å²) in [6.45, 7) is 0.779. The minimum atomic E-state index is -0.863. The third kappa shape index (κ3) is 1.59. The van der Waals surface area contributed by atoms with E-state index in [0.29, 0.717) is 19.0 Å². The number of carboxylic acids is 1. The zero-order valence-electron chi connectivity index (χ0n) is 11.2. The van der Waals surface area contributed by atoms with E-state index in [-0.39, 0.29) is 17.7 Å². The molecule has 0 aromatic carbocycles. The van der Waals surface area contributed by atoms with Crippen LogP contribution in [0.4, 0.5) is 0 Å². The lowest BCUT2D eigenvalue weighted by Gasteiger charge is -2.48. The molecule has 1 heterocycles. The predicted octanol–water partition coefficient (Wildman–Crippen LogP) is 0.493. The predicted molar refractivity (Wildman–Crippen MR) is 69.6 cm³/mol. The highest BCUT2D eigenvalue weighted by molar-refractivity contribution is 5.87. The first kappa shape index (κ1) is 12.4. The van der Waals surface area contributed by atoms with Crippen molar-refractivity contribution in [2.75, 3.05) is 13.1 Å². The number of nitrogens with zero attached hydrogens (tertiary/aromatic N) is 1. The summed E-state index contributed by atoms with van der Waals surface area (Å²) in [4.78, 5) is 25.7. The molecule has 1 aliphatic heterocycles. The molecule has 4 rings (SSSR count). The molecule has 0 aromatic heterocycles. The van der Waals surface area contributed by atoms with Crippen LogP contribution in [0.3, 0.4) is 0 Å². The molecule has 108 valence electrons. The maximum atomic E-state index is 12.6. The molecular weight excluding hydrogens is 258 g/mol. The molecule has 5 nitrogen and oxygen atoms in total. The first-order chi connectivity index (χ1) is 9.49. The Kier molecular flexibility index (Phi) is 2.38. The van der Waals surface area contributed by atoms with E-state index in [1.807, 2.05) is 12.2 Å². The van der Waals surface area contributed by atoms with Crippen LogP contribution in [0, 0.1) is 29.6 Å². The molecule has 20 heavy (non-hydrogen) atoms. The van der Waals surface area contributed by atoms with Crippen LogP contribution in [0.25, 0.3) is 0 Å². The SMILES string of the molecule is O=C(O)[C@@H]1C2C=CC(C2)[C@@H]1C(=O)N1CC(O)(C2CC2)C1. The number of carbonyl (C=O) groups is 2. The van der Waals surface area contributed by atoms with Gasteiger partial charge in [0.05, 0.1) is 24.9 Å². The number of likely N-dealkylation sites (tertiary alicyclic amines) is 1. The Morgan fingerprint density at radius 3 is 2.25 bits per heavy atom. The van der Waals surface area contributed by atoms with Crippen LogP contribution in [0.5, 0.6) is 0 Å². The summed E-state index contributed by atoms with van der Waals surface area (Å²) in [5, 5.41) is 19.7. The van der Waals surface area contributed by atoms with Gasteiger partial charge in [-0.3, -0.25) is 9.59 Å². The van der Waals surface area contributed by atoms with Crippen LogP contribution in [0.15, 0.2) is 12.2 Å². The van der Waals surface area contributed by atoms with Crippen molar-refractivity contribution in [3.05, 3.63) is 12.2 Å². The molecule has 3 fully saturated rings. The Hall–Kier alpha value is -1.36. The summed E-state index contributed by atoms with van der Waals surface area (Å²) >= 11 is 0. The van der Waals surface area contributed by atoms with E-state index in [1.165, 1.54) is 0 Å². The second kappa shape index (κ2) is 3.85. The highest BCUT2D eigenvalue weighted by Gasteiger charge is 2.58. The van der Waals surface area contributed by atoms with Crippen LogP contribution in [-0.4, -0.2) is 45.7 Å². The summed E-state index contributed by atoms with van der Waals surface area (Å²) in [6, 6.07) is 0. The van der Waals surface area contributed by atoms with Gasteiger partial charge in [-0.05, 0) is 37.0 Å². The zero-order valence-corrected chi connectivity index (χ0v) is 11.2. The molecule has 0 spiro atoms. The van der Waals surface area contributed by atoms with E-state index in [0.717, 1.165) is 19.3 Å². The van der Waals surface area contributed by atoms with Gasteiger partial charge in [-0.2, -0.15) is 0 Å². The van der Waals surface area contributed by atoms with Crippen molar-refractivity contribution >= 4 is 11.9 Å². The number of hydrogen-bond donors (Lipinski definition) is 2. The van der Waals surface area contributed by atoms with Gasteiger partial charge in [-0.15, -0.1) is 0 Å². The Morgan fingerprint density at radius 2 is 1.70 bits per heavy atom. The van der Waals surface area contributed by atoms with Crippen LogP contribution >= 0.6 is 0 Å². The van der Waals surface area contributed by atoms with E-state index in [4.69, 9.17) is 0 Å². The van der Waals surface area contributed by atoms with Gasteiger partial charge in [0.2, 0.25) is 5.91 Å². The molecule has 3 aliphatic carbocycles. The highest BCUT2D eigenvalue weighted by Crippen LogP contribution is 2.50. The number of rotatable bonds is 3. The number of amides is 1. The van der Waals surface area contributed by atoms with Crippen molar-refractivity contribution < 1.29 is 19.8 Å². The van der Waals surface area contributed by atoms with Crippen LogP contribution in [0.2, 0.25) is 0 Å². The molecule has 1 saturated heterocycles. The smallest absolute Gasteiger partial charge is 0.307 e. The Labute approximate surface area is 117 Å². The fraction of sp³-hybridized carbons (Fsp3) is 0.733. The molecule has 2 N–H and O–H groups in total. The van der Waals surface area contributed by atoms with Crippen molar-refractivity contribution in [3.8, 4) is 0 Å². The fourth-order valence-corrected chi connectivity index (χ4v) is 4.36. The third-order valence-corrected chi connectivity index (χ3v) is 5.61. The van der Waals surface area contributed by atoms with Crippen molar-refractivity contribution in [1.82, 2.24) is 4.90 Å². The summed E-state index contributed by atoms with van der Waals surface area (Å²) < 4.78 is 0. The third-order valence-electron chi connectivity index (χ3n) is 5.61. The van der Waals surface area contributed by atoms with Crippen LogP contribution < -0.4 is 0 Å². The van der Waals surface area contributed by atoms with Gasteiger partial charge in [0.15, 0.2) is 0 Å². The molecular formula is C15H19NO4. The normalized spacial score (nSPS) is 40.8. The van der Waals surface area contributed by atoms with Gasteiger partial charge >= 0.3 is 5.97 Å². The minimum absolute atomic E-state index is 0.00930. The van der Waals surface area contributed by atoms with Crippen LogP contribution in [0.1, 0.15) is 19.3 Å². The van der Waals surface area contributed by atoms with Gasteiger partial charge in [-0.1, -0.05) is 12.2 Å². The number of β-amino-alcohol motifs (C(OH)–C–C–N with tert-alkyl or cyclic N) is 1. The molecule has 0 aromatic rings. The van der Waals surface area contributed by atoms with Gasteiger partial charge in [0.1, 0.15) is 5.60 Å². The standard InChI is InChI=1S/C15H19NO4/c17-13(16-6-15(20,7-16)10-3-4-10)11-8-1-2-9(5-8)12(11)14(18)19/h1-2,8-12,20H,3-7H2,(H,18,19)/t8?,9?,11-,12+/m0/s1. The number of carbonyl (C=O) groups excluding carboxylic acids is 1. The van der Waals surface area contributed by atoms with Crippen molar-refractivity contribution in [1.29, 1.82) is 0 Å². The minimum Gasteiger partial charge on any atom is -0.481 e. The largest absolute Gasteiger partial charge is 0.481 e. The molecule has 4 atom stereocenters. The number of aliphatic hydroxyl groups is 1. The Morgan fingerprint density at radius 1 is 1.10 bits per heavy atom. The molecule has 0 radical (unpaired) electrons. The van der Waals surface area contributed by atoms with Gasteiger partial charge < -0.3 is 15.1 Å². The second-order valence-corrected chi connectivity index (χ2v) is 6.91. The van der Waals surface area contributed by atoms with Crippen molar-refractivity contribution in [3.63, 3.8) is 0 Å². The van der Waals surface area contributed by atoms with Crippen molar-refractivity contribution in [2.45, 2.75) is 24.9 Å². The summed E-state index contributed by atoms with van der Waals surface area (Å²) in [5.74, 6) is -1.50. The number of carboxylic acid groups (broad SMARTS) is 1. The zero-order chi connectivity index (χ0) is 14.1. The summed E-state index contributed by atoms with van der Waals surface area (Å²) in [5.41, 5.74) is -0.693. The summed E-state index contributed by atoms with van der Waals surface area (Å²) in [6.07, 6.45) is 6.83. The first-order valence-corrected chi connectivity index (χ1v) is 7.42. The van der Waals surface area contributed by atoms with E-state index < -0.39 is 23.4 Å². The van der Waals surface area contributed by atoms with Crippen molar-refractivity contribution in [2.24, 2.45) is 29.6 Å². The van der Waals surface area contributed by atoms with Gasteiger partial charge in [0, 0.05) is 0 Å². The molecule has 2 saturated carbocycles. The Balaban J connectivity index is 1.49. The maximum absolute atomic E-state index is 12.6. The topological polar surface area (TPSA) is 77.8 Å². The monoisotopic (exact) mass is 277 g/mol. The maximum Gasteiger partial charge on any atom is 0.307 e. The molecule has 5 heteroatoms. The average Bonchev–Trinajstić information content (AvgIpc) is 3.03. The number of hydrogen-bond acceptors (Lipinski definition) is 3. The van der Waals surface area contributed by atoms with E-state index >= 15 is 0 Å². The van der Waals surface area contributed by atoms with Gasteiger partial charge in [0.25, 0.3) is 0 Å². The lowest BCUT2D eigenvalue weighted by atomic mass is 9.80. The van der Waals surface area contributed by atoms with E-state index in [9.17, 15) is 19.8 Å². The molecule has 2 bridgehead atoms. The average molecular weight is 277 g/mol. The van der Waals surface area contributed by atoms with Gasteiger partial charge in [-0.25, -0.2) is 0 Å². The first-order valence-electron chi connectivity index (χ1n) is 7.42. The van der Waals surface area contributed by atoms with Crippen LogP contribution in [-0.2, 0) is 9.59 Å². The second-order valence-electron chi connectivity index (χ2n) is 6.91. The lowest BCUT2D eigenvalue weighted by molar-refractivity contribution is -0.168. The number of allylic oxidation sites excluding steroid dienone is 2. The highest BCUT2D eigenvalue weighted by atomic mass is 16.4.